The molecule has 2 saturated heterocycles. The minimum absolute atomic E-state index is 0.114. The van der Waals surface area contributed by atoms with Crippen LogP contribution in [0.4, 0.5) is 5.69 Å². The van der Waals surface area contributed by atoms with E-state index >= 15 is 0 Å². The van der Waals surface area contributed by atoms with Crippen molar-refractivity contribution in [3.05, 3.63) is 64.7 Å². The van der Waals surface area contributed by atoms with Gasteiger partial charge in [0.1, 0.15) is 6.04 Å². The summed E-state index contributed by atoms with van der Waals surface area (Å²) < 4.78 is 0. The van der Waals surface area contributed by atoms with E-state index in [2.05, 4.69) is 28.4 Å². The van der Waals surface area contributed by atoms with E-state index in [0.29, 0.717) is 17.0 Å². The number of hydrogen-bond donors (Lipinski definition) is 1. The lowest BCUT2D eigenvalue weighted by Crippen LogP contribution is -2.54. The van der Waals surface area contributed by atoms with Gasteiger partial charge in [-0.3, -0.25) is 29.4 Å². The van der Waals surface area contributed by atoms with Crippen LogP contribution in [0.5, 0.6) is 0 Å². The second-order valence-electron chi connectivity index (χ2n) is 8.38. The number of carbonyl (C=O) groups is 4. The minimum Gasteiger partial charge on any atom is -0.363 e. The first-order valence-electron chi connectivity index (χ1n) is 10.2. The van der Waals surface area contributed by atoms with E-state index in [1.165, 1.54) is 11.1 Å². The molecule has 2 aromatic rings. The number of nitrogens with zero attached hydrogens (tertiary/aromatic N) is 2. The molecule has 7 nitrogen and oxygen atoms in total. The van der Waals surface area contributed by atoms with Gasteiger partial charge >= 0.3 is 0 Å². The molecule has 1 aliphatic carbocycles. The molecule has 7 heteroatoms. The van der Waals surface area contributed by atoms with Crippen LogP contribution < -0.4 is 10.2 Å². The van der Waals surface area contributed by atoms with Gasteiger partial charge in [-0.15, -0.1) is 0 Å². The molecular weight excluding hydrogens is 382 g/mol. The molecule has 3 aliphatic heterocycles. The van der Waals surface area contributed by atoms with Crippen molar-refractivity contribution in [2.45, 2.75) is 37.3 Å². The lowest BCUT2D eigenvalue weighted by atomic mass is 9.97. The molecule has 3 heterocycles. The highest BCUT2D eigenvalue weighted by molar-refractivity contribution is 6.25. The van der Waals surface area contributed by atoms with Crippen LogP contribution in [0.25, 0.3) is 0 Å². The second kappa shape index (κ2) is 6.01. The molecule has 0 saturated carbocycles. The summed E-state index contributed by atoms with van der Waals surface area (Å²) in [6.45, 7) is 0.804. The first kappa shape index (κ1) is 17.4. The van der Waals surface area contributed by atoms with Crippen LogP contribution in [0.2, 0.25) is 0 Å². The van der Waals surface area contributed by atoms with Gasteiger partial charge < -0.3 is 4.90 Å². The molecule has 0 aromatic heterocycles. The maximum atomic E-state index is 13.4. The molecule has 1 N–H and O–H groups in total. The van der Waals surface area contributed by atoms with Gasteiger partial charge in [0.05, 0.1) is 22.9 Å². The summed E-state index contributed by atoms with van der Waals surface area (Å²) in [4.78, 5) is 53.5. The van der Waals surface area contributed by atoms with Gasteiger partial charge in [-0.25, -0.2) is 0 Å². The van der Waals surface area contributed by atoms with Crippen LogP contribution in [0.1, 0.15) is 63.1 Å². The van der Waals surface area contributed by atoms with Gasteiger partial charge in [-0.1, -0.05) is 30.3 Å². The zero-order valence-corrected chi connectivity index (χ0v) is 16.1. The van der Waals surface area contributed by atoms with Gasteiger partial charge in [-0.05, 0) is 36.1 Å². The van der Waals surface area contributed by atoms with Crippen molar-refractivity contribution in [3.8, 4) is 0 Å². The number of amides is 4. The van der Waals surface area contributed by atoms with Crippen LogP contribution in [0.15, 0.2) is 42.5 Å². The molecule has 150 valence electrons. The number of anilines is 1. The van der Waals surface area contributed by atoms with Gasteiger partial charge in [0.15, 0.2) is 0 Å². The van der Waals surface area contributed by atoms with Crippen LogP contribution in [-0.2, 0) is 9.59 Å². The van der Waals surface area contributed by atoms with Crippen LogP contribution in [-0.4, -0.2) is 41.1 Å². The standard InChI is InChI=1S/C23H19N3O4/c27-19-9-8-17(21(28)24-19)26-22(29)15-6-3-7-16(20(15)23(26)30)25-11-12-10-18(25)14-5-2-1-4-13(12)14/h1-7,12,17-18H,8-11H2,(H,24,27,28). The number of nitrogens with one attached hydrogen (secondary N) is 1. The SMILES string of the molecule is O=C1CCC(N2C(=O)c3cccc(N4CC5CC4c4ccccc45)c3C2=O)C(=O)N1. The Balaban J connectivity index is 1.39. The average molecular weight is 401 g/mol. The van der Waals surface area contributed by atoms with Crippen molar-refractivity contribution in [2.75, 3.05) is 11.4 Å². The summed E-state index contributed by atoms with van der Waals surface area (Å²) in [5, 5.41) is 2.24. The third-order valence-corrected chi connectivity index (χ3v) is 6.85. The fourth-order valence-electron chi connectivity index (χ4n) is 5.54. The van der Waals surface area contributed by atoms with Gasteiger partial charge in [0.2, 0.25) is 11.8 Å². The third kappa shape index (κ3) is 2.20. The number of benzene rings is 2. The van der Waals surface area contributed by atoms with E-state index in [9.17, 15) is 19.2 Å². The summed E-state index contributed by atoms with van der Waals surface area (Å²) >= 11 is 0. The molecule has 3 atom stereocenters. The summed E-state index contributed by atoms with van der Waals surface area (Å²) in [5.41, 5.74) is 4.11. The Morgan fingerprint density at radius 1 is 0.867 bits per heavy atom. The zero-order chi connectivity index (χ0) is 20.6. The Morgan fingerprint density at radius 3 is 2.47 bits per heavy atom. The van der Waals surface area contributed by atoms with Gasteiger partial charge in [-0.2, -0.15) is 0 Å². The van der Waals surface area contributed by atoms with Gasteiger partial charge in [0, 0.05) is 18.9 Å². The Kier molecular flexibility index (Phi) is 3.48. The smallest absolute Gasteiger partial charge is 0.264 e. The largest absolute Gasteiger partial charge is 0.363 e. The lowest BCUT2D eigenvalue weighted by molar-refractivity contribution is -0.136. The fraction of sp³-hybridized carbons (Fsp3) is 0.304. The Labute approximate surface area is 172 Å². The summed E-state index contributed by atoms with van der Waals surface area (Å²) in [5.74, 6) is -1.45. The topological polar surface area (TPSA) is 86.8 Å². The van der Waals surface area contributed by atoms with Crippen molar-refractivity contribution in [2.24, 2.45) is 0 Å². The molecule has 3 unspecified atom stereocenters. The third-order valence-electron chi connectivity index (χ3n) is 6.85. The van der Waals surface area contributed by atoms with Crippen molar-refractivity contribution < 1.29 is 19.2 Å². The van der Waals surface area contributed by atoms with E-state index in [1.54, 1.807) is 12.1 Å². The number of rotatable bonds is 2. The molecular formula is C23H19N3O4. The zero-order valence-electron chi connectivity index (χ0n) is 16.1. The Hall–Kier alpha value is -3.48. The highest BCUT2D eigenvalue weighted by atomic mass is 16.2. The molecule has 0 spiro atoms. The first-order chi connectivity index (χ1) is 14.5. The lowest BCUT2D eigenvalue weighted by Gasteiger charge is -2.32. The maximum Gasteiger partial charge on any atom is 0.264 e. The van der Waals surface area contributed by atoms with Crippen molar-refractivity contribution in [1.29, 1.82) is 0 Å². The fourth-order valence-corrected chi connectivity index (χ4v) is 5.54. The highest BCUT2D eigenvalue weighted by Crippen LogP contribution is 2.52. The summed E-state index contributed by atoms with van der Waals surface area (Å²) in [6.07, 6.45) is 1.28. The second-order valence-corrected chi connectivity index (χ2v) is 8.38. The van der Waals surface area contributed by atoms with Crippen LogP contribution in [0.3, 0.4) is 0 Å². The van der Waals surface area contributed by atoms with Crippen molar-refractivity contribution >= 4 is 29.3 Å². The predicted octanol–water partition coefficient (Wildman–Crippen LogP) is 2.14. The molecule has 4 aliphatic rings. The monoisotopic (exact) mass is 401 g/mol. The van der Waals surface area contributed by atoms with E-state index < -0.39 is 23.8 Å². The molecule has 6 rings (SSSR count). The number of carbonyl (C=O) groups excluding carboxylic acids is 4. The minimum atomic E-state index is -0.946. The maximum absolute atomic E-state index is 13.4. The van der Waals surface area contributed by atoms with Crippen molar-refractivity contribution in [3.63, 3.8) is 0 Å². The molecule has 0 radical (unpaired) electrons. The van der Waals surface area contributed by atoms with Gasteiger partial charge in [0.25, 0.3) is 11.8 Å². The van der Waals surface area contributed by atoms with E-state index in [-0.39, 0.29) is 24.8 Å². The molecule has 4 amide bonds. The van der Waals surface area contributed by atoms with E-state index in [1.807, 2.05) is 12.1 Å². The van der Waals surface area contributed by atoms with Crippen LogP contribution in [0, 0.1) is 0 Å². The molecule has 2 fully saturated rings. The number of hydrogen-bond acceptors (Lipinski definition) is 5. The number of piperidine rings is 1. The predicted molar refractivity (Wildman–Crippen MR) is 107 cm³/mol. The number of imide groups is 2. The quantitative estimate of drug-likeness (QED) is 0.779. The normalized spacial score (nSPS) is 26.9. The van der Waals surface area contributed by atoms with E-state index in [4.69, 9.17) is 0 Å². The first-order valence-corrected chi connectivity index (χ1v) is 10.2. The van der Waals surface area contributed by atoms with Crippen molar-refractivity contribution in [1.82, 2.24) is 10.2 Å². The molecule has 2 bridgehead atoms. The Bertz CT molecular complexity index is 1160. The Morgan fingerprint density at radius 2 is 1.67 bits per heavy atom. The number of fused-ring (bicyclic) bond motifs is 6. The molecule has 2 aromatic carbocycles. The average Bonchev–Trinajstić information content (AvgIpc) is 3.41. The molecule has 30 heavy (non-hydrogen) atoms. The highest BCUT2D eigenvalue weighted by Gasteiger charge is 2.48. The summed E-state index contributed by atoms with van der Waals surface area (Å²) in [7, 11) is 0. The summed E-state index contributed by atoms with van der Waals surface area (Å²) in [6, 6.07) is 13.0. The van der Waals surface area contributed by atoms with E-state index in [0.717, 1.165) is 23.6 Å². The van der Waals surface area contributed by atoms with Crippen LogP contribution >= 0.6 is 0 Å².